The summed E-state index contributed by atoms with van der Waals surface area (Å²) in [5, 5.41) is 5.85. The van der Waals surface area contributed by atoms with Gasteiger partial charge >= 0.3 is 6.09 Å². The average Bonchev–Trinajstić information content (AvgIpc) is 2.81. The fourth-order valence-electron chi connectivity index (χ4n) is 3.67. The molecule has 2 amide bonds. The Bertz CT molecular complexity index is 1310. The molecule has 1 heterocycles. The van der Waals surface area contributed by atoms with Crippen LogP contribution in [0.2, 0.25) is 0 Å². The number of aromatic nitrogens is 1. The first-order valence-electron chi connectivity index (χ1n) is 11.7. The Kier molecular flexibility index (Phi) is 8.42. The monoisotopic (exact) mass is 513 g/mol. The van der Waals surface area contributed by atoms with E-state index in [1.165, 1.54) is 19.2 Å². The number of rotatable bonds is 8. The van der Waals surface area contributed by atoms with Crippen LogP contribution in [0.3, 0.4) is 0 Å². The number of ether oxygens (including phenoxy) is 2. The first-order chi connectivity index (χ1) is 17.4. The summed E-state index contributed by atoms with van der Waals surface area (Å²) < 4.78 is 40.7. The van der Waals surface area contributed by atoms with Crippen molar-refractivity contribution in [3.05, 3.63) is 70.9 Å². The highest BCUT2D eigenvalue weighted by molar-refractivity contribution is 6.17. The molecule has 0 spiro atoms. The molecule has 0 fully saturated rings. The quantitative estimate of drug-likeness (QED) is 0.418. The third kappa shape index (κ3) is 6.78. The van der Waals surface area contributed by atoms with Crippen LogP contribution in [-0.4, -0.2) is 41.5 Å². The number of nitrogens with one attached hydrogen (secondary N) is 2. The van der Waals surface area contributed by atoms with Gasteiger partial charge in [-0.05, 0) is 69.8 Å². The van der Waals surface area contributed by atoms with Crippen molar-refractivity contribution in [3.8, 4) is 5.88 Å². The molecule has 1 atom stereocenters. The number of amides is 2. The van der Waals surface area contributed by atoms with Crippen LogP contribution in [0.15, 0.2) is 42.6 Å². The molecule has 0 radical (unpaired) electrons. The van der Waals surface area contributed by atoms with E-state index >= 15 is 8.78 Å². The van der Waals surface area contributed by atoms with Gasteiger partial charge in [0.1, 0.15) is 23.8 Å². The molecule has 0 saturated carbocycles. The van der Waals surface area contributed by atoms with E-state index in [0.717, 1.165) is 12.1 Å². The zero-order valence-electron chi connectivity index (χ0n) is 21.3. The predicted molar refractivity (Wildman–Crippen MR) is 133 cm³/mol. The average molecular weight is 514 g/mol. The van der Waals surface area contributed by atoms with Gasteiger partial charge in [0.15, 0.2) is 5.78 Å². The minimum absolute atomic E-state index is 0.0981. The summed E-state index contributed by atoms with van der Waals surface area (Å²) in [6.07, 6.45) is 0.690. The maximum absolute atomic E-state index is 15.1. The number of pyridine rings is 1. The number of hydrogen-bond donors (Lipinski definition) is 2. The van der Waals surface area contributed by atoms with Crippen molar-refractivity contribution in [2.75, 3.05) is 13.2 Å². The number of halogens is 2. The van der Waals surface area contributed by atoms with Crippen LogP contribution in [0.4, 0.5) is 13.6 Å². The van der Waals surface area contributed by atoms with Gasteiger partial charge in [-0.3, -0.25) is 9.59 Å². The number of carbonyl (C=O) groups excluding carboxylic acids is 3. The van der Waals surface area contributed by atoms with Gasteiger partial charge in [-0.2, -0.15) is 0 Å². The van der Waals surface area contributed by atoms with Crippen LogP contribution >= 0.6 is 0 Å². The molecule has 10 heteroatoms. The number of carbonyl (C=O) groups is 3. The second-order valence-corrected chi connectivity index (χ2v) is 9.28. The summed E-state index contributed by atoms with van der Waals surface area (Å²) in [6.45, 7) is 8.34. The van der Waals surface area contributed by atoms with Gasteiger partial charge in [0, 0.05) is 17.1 Å². The van der Waals surface area contributed by atoms with Crippen LogP contribution in [0.1, 0.15) is 62.1 Å². The SMILES string of the molecule is CCOc1nccc2c(C(=O)c3c(F)cc([C@H](C)NC(=O)CNC(=O)OC(C)(C)C)cc3F)cccc12. The molecule has 37 heavy (non-hydrogen) atoms. The van der Waals surface area contributed by atoms with Crippen LogP contribution < -0.4 is 15.4 Å². The molecule has 0 bridgehead atoms. The third-order valence-electron chi connectivity index (χ3n) is 5.26. The summed E-state index contributed by atoms with van der Waals surface area (Å²) in [5.41, 5.74) is -1.23. The van der Waals surface area contributed by atoms with Gasteiger partial charge in [-0.25, -0.2) is 18.6 Å². The molecule has 0 unspecified atom stereocenters. The number of hydrogen-bond acceptors (Lipinski definition) is 6. The van der Waals surface area contributed by atoms with Crippen molar-refractivity contribution < 1.29 is 32.6 Å². The van der Waals surface area contributed by atoms with Gasteiger partial charge < -0.3 is 20.1 Å². The smallest absolute Gasteiger partial charge is 0.408 e. The van der Waals surface area contributed by atoms with E-state index in [9.17, 15) is 14.4 Å². The van der Waals surface area contributed by atoms with Crippen molar-refractivity contribution in [1.29, 1.82) is 0 Å². The van der Waals surface area contributed by atoms with E-state index in [1.807, 2.05) is 0 Å². The van der Waals surface area contributed by atoms with E-state index in [4.69, 9.17) is 9.47 Å². The molecule has 0 saturated heterocycles. The molecular formula is C27H29F2N3O5. The third-order valence-corrected chi connectivity index (χ3v) is 5.26. The molecule has 1 aromatic heterocycles. The molecule has 2 N–H and O–H groups in total. The van der Waals surface area contributed by atoms with Gasteiger partial charge in [0.05, 0.1) is 18.2 Å². The van der Waals surface area contributed by atoms with Crippen LogP contribution in [0, 0.1) is 11.6 Å². The van der Waals surface area contributed by atoms with Crippen molar-refractivity contribution >= 4 is 28.6 Å². The van der Waals surface area contributed by atoms with Gasteiger partial charge in [0.2, 0.25) is 11.8 Å². The zero-order chi connectivity index (χ0) is 27.3. The largest absolute Gasteiger partial charge is 0.478 e. The van der Waals surface area contributed by atoms with Crippen LogP contribution in [0.25, 0.3) is 10.8 Å². The fraction of sp³-hybridized carbons (Fsp3) is 0.333. The lowest BCUT2D eigenvalue weighted by atomic mass is 9.95. The summed E-state index contributed by atoms with van der Waals surface area (Å²) in [6, 6.07) is 7.56. The second-order valence-electron chi connectivity index (χ2n) is 9.28. The minimum atomic E-state index is -1.07. The number of nitrogens with zero attached hydrogens (tertiary/aromatic N) is 1. The van der Waals surface area contributed by atoms with E-state index in [2.05, 4.69) is 15.6 Å². The van der Waals surface area contributed by atoms with Gasteiger partial charge in [0.25, 0.3) is 0 Å². The number of ketones is 1. The Morgan fingerprint density at radius 3 is 2.35 bits per heavy atom. The van der Waals surface area contributed by atoms with Crippen LogP contribution in [0.5, 0.6) is 5.88 Å². The van der Waals surface area contributed by atoms with Gasteiger partial charge in [-0.15, -0.1) is 0 Å². The van der Waals surface area contributed by atoms with E-state index in [1.54, 1.807) is 45.9 Å². The Morgan fingerprint density at radius 1 is 1.05 bits per heavy atom. The molecule has 3 rings (SSSR count). The first-order valence-corrected chi connectivity index (χ1v) is 11.7. The fourth-order valence-corrected chi connectivity index (χ4v) is 3.67. The number of fused-ring (bicyclic) bond motifs is 1. The lowest BCUT2D eigenvalue weighted by Crippen LogP contribution is -2.40. The highest BCUT2D eigenvalue weighted by atomic mass is 19.1. The normalized spacial score (nSPS) is 12.1. The van der Waals surface area contributed by atoms with Crippen molar-refractivity contribution in [3.63, 3.8) is 0 Å². The summed E-state index contributed by atoms with van der Waals surface area (Å²) in [5.74, 6) is -3.24. The van der Waals surface area contributed by atoms with Crippen molar-refractivity contribution in [1.82, 2.24) is 15.6 Å². The molecule has 8 nitrogen and oxygen atoms in total. The summed E-state index contributed by atoms with van der Waals surface area (Å²) >= 11 is 0. The molecule has 2 aromatic carbocycles. The van der Waals surface area contributed by atoms with E-state index < -0.39 is 46.6 Å². The Balaban J connectivity index is 1.79. The molecule has 0 aliphatic rings. The molecule has 3 aromatic rings. The lowest BCUT2D eigenvalue weighted by Gasteiger charge is -2.20. The molecular weight excluding hydrogens is 484 g/mol. The topological polar surface area (TPSA) is 107 Å². The Labute approximate surface area is 213 Å². The minimum Gasteiger partial charge on any atom is -0.478 e. The Morgan fingerprint density at radius 2 is 1.73 bits per heavy atom. The summed E-state index contributed by atoms with van der Waals surface area (Å²) in [7, 11) is 0. The lowest BCUT2D eigenvalue weighted by molar-refractivity contribution is -0.120. The molecule has 196 valence electrons. The highest BCUT2D eigenvalue weighted by Crippen LogP contribution is 2.29. The summed E-state index contributed by atoms with van der Waals surface area (Å²) in [4.78, 5) is 41.3. The van der Waals surface area contributed by atoms with Crippen molar-refractivity contribution in [2.24, 2.45) is 0 Å². The molecule has 0 aliphatic heterocycles. The number of alkyl carbamates (subject to hydrolysis) is 1. The standard InChI is InChI=1S/C27H29F2N3O5/c1-6-36-25-19-9-7-8-18(17(19)10-11-30-25)24(34)23-20(28)12-16(13-21(23)29)15(2)32-22(33)14-31-26(35)37-27(3,4)5/h7-13,15H,6,14H2,1-5H3,(H,31,35)(H,32,33)/t15-/m0/s1. The zero-order valence-corrected chi connectivity index (χ0v) is 21.3. The number of benzene rings is 2. The van der Waals surface area contributed by atoms with E-state index in [0.29, 0.717) is 23.3 Å². The first kappa shape index (κ1) is 27.5. The Hall–Kier alpha value is -4.08. The maximum atomic E-state index is 15.1. The van der Waals surface area contributed by atoms with Gasteiger partial charge in [-0.1, -0.05) is 12.1 Å². The molecule has 0 aliphatic carbocycles. The highest BCUT2D eigenvalue weighted by Gasteiger charge is 2.24. The van der Waals surface area contributed by atoms with E-state index in [-0.39, 0.29) is 17.7 Å². The van der Waals surface area contributed by atoms with Crippen LogP contribution in [-0.2, 0) is 9.53 Å². The predicted octanol–water partition coefficient (Wildman–Crippen LogP) is 4.84. The second kappa shape index (κ2) is 11.3. The maximum Gasteiger partial charge on any atom is 0.408 e. The van der Waals surface area contributed by atoms with Crippen molar-refractivity contribution in [2.45, 2.75) is 46.3 Å².